The SMILES string of the molecule is C=C(C)Cc1ccc(-c2ccc(N(c3ccc(-c4ccccc4)cc3)c3cccc4c3-c3ccccc3C4(c3ccccc3)c3ccccc3)cc2)cc1. The molecule has 0 aromatic heterocycles. The maximum Gasteiger partial charge on any atom is 0.0714 e. The second kappa shape index (κ2) is 14.0. The Morgan fingerprint density at radius 2 is 0.889 bits per heavy atom. The summed E-state index contributed by atoms with van der Waals surface area (Å²) in [6.07, 6.45) is 0.900. The van der Waals surface area contributed by atoms with Crippen LogP contribution in [0.3, 0.4) is 0 Å². The van der Waals surface area contributed by atoms with Crippen molar-refractivity contribution in [3.8, 4) is 33.4 Å². The van der Waals surface area contributed by atoms with E-state index in [1.54, 1.807) is 0 Å². The Kier molecular flexibility index (Phi) is 8.61. The Bertz CT molecular complexity index is 2510. The molecule has 54 heavy (non-hydrogen) atoms. The summed E-state index contributed by atoms with van der Waals surface area (Å²) in [7, 11) is 0. The molecule has 0 heterocycles. The topological polar surface area (TPSA) is 3.24 Å². The molecule has 0 atom stereocenters. The molecule has 0 spiro atoms. The monoisotopic (exact) mass is 691 g/mol. The van der Waals surface area contributed by atoms with E-state index in [0.717, 1.165) is 23.5 Å². The Morgan fingerprint density at radius 1 is 0.444 bits per heavy atom. The number of benzene rings is 8. The molecule has 9 rings (SSSR count). The second-order valence-electron chi connectivity index (χ2n) is 14.4. The van der Waals surface area contributed by atoms with Crippen LogP contribution in [0.2, 0.25) is 0 Å². The average molecular weight is 692 g/mol. The van der Waals surface area contributed by atoms with Crippen LogP contribution in [0.4, 0.5) is 17.1 Å². The van der Waals surface area contributed by atoms with Crippen molar-refractivity contribution >= 4 is 17.1 Å². The molecule has 0 radical (unpaired) electrons. The van der Waals surface area contributed by atoms with Gasteiger partial charge in [-0.05, 0) is 99.3 Å². The number of anilines is 3. The van der Waals surface area contributed by atoms with Gasteiger partial charge in [-0.1, -0.05) is 188 Å². The molecule has 1 heteroatoms. The van der Waals surface area contributed by atoms with Crippen molar-refractivity contribution in [1.29, 1.82) is 0 Å². The molecule has 8 aromatic rings. The summed E-state index contributed by atoms with van der Waals surface area (Å²) in [5, 5.41) is 0. The number of allylic oxidation sites excluding steroid dienone is 1. The van der Waals surface area contributed by atoms with Gasteiger partial charge in [0.05, 0.1) is 11.1 Å². The standard InChI is InChI=1S/C53H41N/c1-38(2)37-39-25-27-41(28-26-39)43-31-35-47(36-32-43)54(46-33-29-42(30-34-46)40-15-6-3-7-16-40)51-24-14-23-50-52(51)48-21-12-13-22-49(48)53(50,44-17-8-4-9-18-44)45-19-10-5-11-20-45/h3-36H,1,37H2,2H3. The Labute approximate surface area is 319 Å². The highest BCUT2D eigenvalue weighted by molar-refractivity contribution is 5.97. The van der Waals surface area contributed by atoms with Gasteiger partial charge >= 0.3 is 0 Å². The summed E-state index contributed by atoms with van der Waals surface area (Å²) < 4.78 is 0. The van der Waals surface area contributed by atoms with E-state index in [4.69, 9.17) is 0 Å². The molecule has 0 fully saturated rings. The van der Waals surface area contributed by atoms with Crippen LogP contribution >= 0.6 is 0 Å². The summed E-state index contributed by atoms with van der Waals surface area (Å²) in [6, 6.07) is 75.5. The van der Waals surface area contributed by atoms with Gasteiger partial charge < -0.3 is 4.90 Å². The van der Waals surface area contributed by atoms with E-state index in [-0.39, 0.29) is 0 Å². The van der Waals surface area contributed by atoms with Crippen LogP contribution in [0.5, 0.6) is 0 Å². The van der Waals surface area contributed by atoms with Crippen molar-refractivity contribution < 1.29 is 0 Å². The predicted octanol–water partition coefficient (Wildman–Crippen LogP) is 14.0. The molecule has 1 nitrogen and oxygen atoms in total. The van der Waals surface area contributed by atoms with Crippen LogP contribution in [0, 0.1) is 0 Å². The summed E-state index contributed by atoms with van der Waals surface area (Å²) in [6.45, 7) is 6.18. The molecule has 1 aliphatic carbocycles. The van der Waals surface area contributed by atoms with Crippen LogP contribution in [-0.4, -0.2) is 0 Å². The molecule has 0 saturated heterocycles. The van der Waals surface area contributed by atoms with E-state index >= 15 is 0 Å². The molecule has 0 saturated carbocycles. The number of hydrogen-bond acceptors (Lipinski definition) is 1. The van der Waals surface area contributed by atoms with Gasteiger partial charge in [-0.25, -0.2) is 0 Å². The van der Waals surface area contributed by atoms with Crippen molar-refractivity contribution in [2.24, 2.45) is 0 Å². The number of rotatable bonds is 9. The van der Waals surface area contributed by atoms with Crippen molar-refractivity contribution in [3.63, 3.8) is 0 Å². The minimum absolute atomic E-state index is 0.479. The van der Waals surface area contributed by atoms with Gasteiger partial charge in [0.15, 0.2) is 0 Å². The van der Waals surface area contributed by atoms with E-state index in [0.29, 0.717) is 0 Å². The maximum atomic E-state index is 4.10. The predicted molar refractivity (Wildman–Crippen MR) is 228 cm³/mol. The zero-order valence-electron chi connectivity index (χ0n) is 30.5. The van der Waals surface area contributed by atoms with Gasteiger partial charge in [0.2, 0.25) is 0 Å². The third-order valence-corrected chi connectivity index (χ3v) is 10.9. The number of fused-ring (bicyclic) bond motifs is 3. The fourth-order valence-electron chi connectivity index (χ4n) is 8.49. The highest BCUT2D eigenvalue weighted by Gasteiger charge is 2.47. The summed E-state index contributed by atoms with van der Waals surface area (Å²) >= 11 is 0. The molecule has 0 N–H and O–H groups in total. The van der Waals surface area contributed by atoms with Crippen molar-refractivity contribution in [2.75, 3.05) is 4.90 Å². The van der Waals surface area contributed by atoms with Crippen LogP contribution < -0.4 is 4.90 Å². The van der Waals surface area contributed by atoms with Crippen LogP contribution in [0.25, 0.3) is 33.4 Å². The highest BCUT2D eigenvalue weighted by Crippen LogP contribution is 2.59. The second-order valence-corrected chi connectivity index (χ2v) is 14.4. The first kappa shape index (κ1) is 33.2. The maximum absolute atomic E-state index is 4.10. The van der Waals surface area contributed by atoms with Crippen LogP contribution in [0.1, 0.15) is 34.7 Å². The highest BCUT2D eigenvalue weighted by atomic mass is 15.1. The molecule has 0 aliphatic heterocycles. The molecular formula is C53H41N. The average Bonchev–Trinajstić information content (AvgIpc) is 3.54. The van der Waals surface area contributed by atoms with E-state index in [9.17, 15) is 0 Å². The minimum atomic E-state index is -0.479. The Balaban J connectivity index is 1.24. The van der Waals surface area contributed by atoms with Gasteiger partial charge in [0, 0.05) is 16.9 Å². The molecular weight excluding hydrogens is 651 g/mol. The fraction of sp³-hybridized carbons (Fsp3) is 0.0566. The van der Waals surface area contributed by atoms with Gasteiger partial charge in [0.1, 0.15) is 0 Å². The zero-order valence-corrected chi connectivity index (χ0v) is 30.5. The van der Waals surface area contributed by atoms with Gasteiger partial charge in [-0.15, -0.1) is 0 Å². The van der Waals surface area contributed by atoms with Crippen LogP contribution in [-0.2, 0) is 11.8 Å². The largest absolute Gasteiger partial charge is 0.310 e. The van der Waals surface area contributed by atoms with Crippen molar-refractivity contribution in [3.05, 3.63) is 246 Å². The zero-order chi connectivity index (χ0) is 36.5. The van der Waals surface area contributed by atoms with Gasteiger partial charge in [-0.3, -0.25) is 0 Å². The normalized spacial score (nSPS) is 12.5. The summed E-state index contributed by atoms with van der Waals surface area (Å²) in [5.74, 6) is 0. The van der Waals surface area contributed by atoms with E-state index in [2.05, 4.69) is 225 Å². The van der Waals surface area contributed by atoms with Crippen molar-refractivity contribution in [2.45, 2.75) is 18.8 Å². The molecule has 0 amide bonds. The van der Waals surface area contributed by atoms with E-state index in [1.165, 1.54) is 66.8 Å². The first-order valence-corrected chi connectivity index (χ1v) is 18.7. The Hall–Kier alpha value is -6.70. The van der Waals surface area contributed by atoms with Crippen LogP contribution in [0.15, 0.2) is 218 Å². The molecule has 0 unspecified atom stereocenters. The first-order chi connectivity index (χ1) is 26.6. The minimum Gasteiger partial charge on any atom is -0.310 e. The van der Waals surface area contributed by atoms with Crippen molar-refractivity contribution in [1.82, 2.24) is 0 Å². The fourth-order valence-corrected chi connectivity index (χ4v) is 8.49. The summed E-state index contributed by atoms with van der Waals surface area (Å²) in [5.41, 5.74) is 17.8. The van der Waals surface area contributed by atoms with E-state index in [1.807, 2.05) is 0 Å². The lowest BCUT2D eigenvalue weighted by atomic mass is 9.68. The Morgan fingerprint density at radius 3 is 1.43 bits per heavy atom. The first-order valence-electron chi connectivity index (χ1n) is 18.7. The lowest BCUT2D eigenvalue weighted by Gasteiger charge is -2.34. The third-order valence-electron chi connectivity index (χ3n) is 10.9. The lowest BCUT2D eigenvalue weighted by Crippen LogP contribution is -2.28. The summed E-state index contributed by atoms with van der Waals surface area (Å²) in [4.78, 5) is 2.44. The smallest absolute Gasteiger partial charge is 0.0714 e. The van der Waals surface area contributed by atoms with E-state index < -0.39 is 5.41 Å². The van der Waals surface area contributed by atoms with Gasteiger partial charge in [0.25, 0.3) is 0 Å². The number of hydrogen-bond donors (Lipinski definition) is 0. The molecule has 8 aromatic carbocycles. The van der Waals surface area contributed by atoms with Gasteiger partial charge in [-0.2, -0.15) is 0 Å². The third kappa shape index (κ3) is 5.75. The molecule has 0 bridgehead atoms. The molecule has 1 aliphatic rings. The lowest BCUT2D eigenvalue weighted by molar-refractivity contribution is 0.768. The quantitative estimate of drug-likeness (QED) is 0.136. The number of nitrogens with zero attached hydrogens (tertiary/aromatic N) is 1. The molecule has 258 valence electrons.